The highest BCUT2D eigenvalue weighted by atomic mass is 79.9. The zero-order chi connectivity index (χ0) is 17.8. The van der Waals surface area contributed by atoms with Gasteiger partial charge in [0.1, 0.15) is 0 Å². The lowest BCUT2D eigenvalue weighted by atomic mass is 10.1. The quantitative estimate of drug-likeness (QED) is 0.616. The van der Waals surface area contributed by atoms with E-state index in [0.29, 0.717) is 5.56 Å². The summed E-state index contributed by atoms with van der Waals surface area (Å²) < 4.78 is 0.834. The molecule has 0 saturated heterocycles. The lowest BCUT2D eigenvalue weighted by Crippen LogP contribution is -2.12. The summed E-state index contributed by atoms with van der Waals surface area (Å²) in [5.74, 6) is -0.205. The van der Waals surface area contributed by atoms with Gasteiger partial charge in [0.05, 0.1) is 23.1 Å². The first kappa shape index (κ1) is 17.2. The van der Waals surface area contributed by atoms with Crippen LogP contribution < -0.4 is 10.6 Å². The number of aromatic nitrogens is 1. The topological polar surface area (TPSA) is 54.0 Å². The first-order valence-corrected chi connectivity index (χ1v) is 8.67. The van der Waals surface area contributed by atoms with Crippen molar-refractivity contribution in [3.63, 3.8) is 0 Å². The van der Waals surface area contributed by atoms with E-state index in [1.807, 2.05) is 43.3 Å². The summed E-state index contributed by atoms with van der Waals surface area (Å²) in [6.07, 6.45) is 3.26. The number of rotatable bonds is 4. The molecule has 0 spiro atoms. The van der Waals surface area contributed by atoms with E-state index in [9.17, 15) is 4.79 Å². The lowest BCUT2D eigenvalue weighted by Gasteiger charge is -2.11. The van der Waals surface area contributed by atoms with Crippen molar-refractivity contribution in [1.82, 2.24) is 4.98 Å². The number of pyridine rings is 1. The first-order valence-electron chi connectivity index (χ1n) is 7.88. The molecule has 1 heterocycles. The summed E-state index contributed by atoms with van der Waals surface area (Å²) in [7, 11) is 0. The van der Waals surface area contributed by atoms with Gasteiger partial charge in [0.2, 0.25) is 0 Å². The summed E-state index contributed by atoms with van der Waals surface area (Å²) in [5, 5.41) is 6.20. The van der Waals surface area contributed by atoms with Gasteiger partial charge in [-0.2, -0.15) is 0 Å². The number of para-hydroxylation sites is 1. The van der Waals surface area contributed by atoms with Crippen LogP contribution >= 0.6 is 15.9 Å². The molecule has 0 aliphatic rings. The Morgan fingerprint density at radius 3 is 2.56 bits per heavy atom. The second-order valence-corrected chi connectivity index (χ2v) is 6.69. The zero-order valence-corrected chi connectivity index (χ0v) is 15.6. The maximum absolute atomic E-state index is 12.5. The van der Waals surface area contributed by atoms with Crippen LogP contribution in [0.3, 0.4) is 0 Å². The number of carbonyl (C=O) groups excluding carboxylic acids is 1. The van der Waals surface area contributed by atoms with E-state index in [-0.39, 0.29) is 5.91 Å². The van der Waals surface area contributed by atoms with E-state index in [0.717, 1.165) is 27.1 Å². The van der Waals surface area contributed by atoms with Gasteiger partial charge in [-0.1, -0.05) is 29.8 Å². The van der Waals surface area contributed by atoms with Crippen LogP contribution in [0.25, 0.3) is 0 Å². The predicted molar refractivity (Wildman–Crippen MR) is 106 cm³/mol. The van der Waals surface area contributed by atoms with E-state index in [4.69, 9.17) is 0 Å². The van der Waals surface area contributed by atoms with Crippen LogP contribution in [0.4, 0.5) is 17.1 Å². The molecular formula is C20H18BrN3O. The number of halogens is 1. The third-order valence-electron chi connectivity index (χ3n) is 3.78. The highest BCUT2D eigenvalue weighted by Crippen LogP contribution is 2.24. The number of hydrogen-bond donors (Lipinski definition) is 2. The Balaban J connectivity index is 1.79. The molecule has 1 amide bonds. The molecule has 3 rings (SSSR count). The number of anilines is 3. The second kappa shape index (κ2) is 7.49. The molecule has 2 aromatic carbocycles. The fraction of sp³-hybridized carbons (Fsp3) is 0.100. The fourth-order valence-corrected chi connectivity index (χ4v) is 2.88. The monoisotopic (exact) mass is 395 g/mol. The Morgan fingerprint density at radius 2 is 1.80 bits per heavy atom. The molecule has 2 N–H and O–H groups in total. The highest BCUT2D eigenvalue weighted by molar-refractivity contribution is 9.10. The van der Waals surface area contributed by atoms with Crippen LogP contribution in [0.1, 0.15) is 21.5 Å². The van der Waals surface area contributed by atoms with E-state index in [1.54, 1.807) is 18.5 Å². The Labute approximate surface area is 155 Å². The van der Waals surface area contributed by atoms with Gasteiger partial charge in [-0.3, -0.25) is 9.78 Å². The first-order chi connectivity index (χ1) is 12.0. The molecule has 3 aromatic rings. The lowest BCUT2D eigenvalue weighted by molar-refractivity contribution is 0.102. The Bertz CT molecular complexity index is 924. The highest BCUT2D eigenvalue weighted by Gasteiger charge is 2.10. The molecule has 0 radical (unpaired) electrons. The van der Waals surface area contributed by atoms with Crippen LogP contribution in [-0.2, 0) is 0 Å². The van der Waals surface area contributed by atoms with Crippen molar-refractivity contribution in [2.24, 2.45) is 0 Å². The molecule has 0 atom stereocenters. The van der Waals surface area contributed by atoms with Crippen molar-refractivity contribution in [2.45, 2.75) is 13.8 Å². The van der Waals surface area contributed by atoms with Crippen molar-refractivity contribution < 1.29 is 4.79 Å². The minimum absolute atomic E-state index is 0.205. The van der Waals surface area contributed by atoms with Crippen molar-refractivity contribution in [2.75, 3.05) is 10.6 Å². The SMILES string of the molecule is Cc1ccc(Nc2cncc(C(=O)Nc3ccccc3Br)c2)c(C)c1. The zero-order valence-electron chi connectivity index (χ0n) is 14.0. The Hall–Kier alpha value is -2.66. The third-order valence-corrected chi connectivity index (χ3v) is 4.47. The molecule has 4 nitrogen and oxygen atoms in total. The molecular weight excluding hydrogens is 378 g/mol. The summed E-state index contributed by atoms with van der Waals surface area (Å²) >= 11 is 3.43. The number of carbonyl (C=O) groups is 1. The van der Waals surface area contributed by atoms with Crippen LogP contribution in [-0.4, -0.2) is 10.9 Å². The van der Waals surface area contributed by atoms with Crippen molar-refractivity contribution in [1.29, 1.82) is 0 Å². The van der Waals surface area contributed by atoms with Gasteiger partial charge < -0.3 is 10.6 Å². The van der Waals surface area contributed by atoms with Gasteiger partial charge in [0.15, 0.2) is 0 Å². The van der Waals surface area contributed by atoms with Gasteiger partial charge in [-0.15, -0.1) is 0 Å². The third kappa shape index (κ3) is 4.25. The molecule has 0 unspecified atom stereocenters. The predicted octanol–water partition coefficient (Wildman–Crippen LogP) is 5.46. The summed E-state index contributed by atoms with van der Waals surface area (Å²) in [4.78, 5) is 16.7. The maximum atomic E-state index is 12.5. The van der Waals surface area contributed by atoms with Crippen molar-refractivity contribution >= 4 is 38.9 Å². The average Bonchev–Trinajstić information content (AvgIpc) is 2.60. The minimum atomic E-state index is -0.205. The Morgan fingerprint density at radius 1 is 1.00 bits per heavy atom. The molecule has 0 aliphatic heterocycles. The van der Waals surface area contributed by atoms with Crippen LogP contribution in [0.5, 0.6) is 0 Å². The molecule has 0 saturated carbocycles. The summed E-state index contributed by atoms with van der Waals surface area (Å²) in [6, 6.07) is 15.5. The van der Waals surface area contributed by atoms with Crippen LogP contribution in [0.15, 0.2) is 65.4 Å². The number of hydrogen-bond acceptors (Lipinski definition) is 3. The smallest absolute Gasteiger partial charge is 0.257 e. The van der Waals surface area contributed by atoms with Crippen molar-refractivity contribution in [3.05, 3.63) is 82.1 Å². The number of nitrogens with zero attached hydrogens (tertiary/aromatic N) is 1. The number of nitrogens with one attached hydrogen (secondary N) is 2. The normalized spacial score (nSPS) is 10.4. The van der Waals surface area contributed by atoms with Gasteiger partial charge in [0, 0.05) is 16.4 Å². The van der Waals surface area contributed by atoms with Gasteiger partial charge in [-0.05, 0) is 59.6 Å². The van der Waals surface area contributed by atoms with Crippen LogP contribution in [0, 0.1) is 13.8 Å². The minimum Gasteiger partial charge on any atom is -0.354 e. The van der Waals surface area contributed by atoms with Gasteiger partial charge in [-0.25, -0.2) is 0 Å². The van der Waals surface area contributed by atoms with E-state index < -0.39 is 0 Å². The molecule has 126 valence electrons. The number of amides is 1. The summed E-state index contributed by atoms with van der Waals surface area (Å²) in [5.41, 5.74) is 5.33. The molecule has 0 aliphatic carbocycles. The average molecular weight is 396 g/mol. The molecule has 0 fully saturated rings. The number of aryl methyl sites for hydroxylation is 2. The largest absolute Gasteiger partial charge is 0.354 e. The van der Waals surface area contributed by atoms with E-state index in [1.165, 1.54) is 5.56 Å². The molecule has 25 heavy (non-hydrogen) atoms. The van der Waals surface area contributed by atoms with Crippen molar-refractivity contribution in [3.8, 4) is 0 Å². The van der Waals surface area contributed by atoms with Crippen LogP contribution in [0.2, 0.25) is 0 Å². The number of benzene rings is 2. The summed E-state index contributed by atoms with van der Waals surface area (Å²) in [6.45, 7) is 4.11. The standard InChI is InChI=1S/C20H18BrN3O/c1-13-7-8-18(14(2)9-13)23-16-10-15(11-22-12-16)20(25)24-19-6-4-3-5-17(19)21/h3-12,23H,1-2H3,(H,24,25). The molecule has 0 bridgehead atoms. The van der Waals surface area contributed by atoms with E-state index >= 15 is 0 Å². The maximum Gasteiger partial charge on any atom is 0.257 e. The molecule has 5 heteroatoms. The second-order valence-electron chi connectivity index (χ2n) is 5.84. The molecule has 1 aromatic heterocycles. The fourth-order valence-electron chi connectivity index (χ4n) is 2.50. The van der Waals surface area contributed by atoms with E-state index in [2.05, 4.69) is 44.5 Å². The van der Waals surface area contributed by atoms with Gasteiger partial charge >= 0.3 is 0 Å². The Kier molecular flexibility index (Phi) is 5.14. The van der Waals surface area contributed by atoms with Gasteiger partial charge in [0.25, 0.3) is 5.91 Å².